The fourth-order valence-corrected chi connectivity index (χ4v) is 1.26. The summed E-state index contributed by atoms with van der Waals surface area (Å²) in [6, 6.07) is 3.30. The maximum atomic E-state index is 11.0. The summed E-state index contributed by atoms with van der Waals surface area (Å²) in [6.45, 7) is 0. The SMILES string of the molecule is COC(=O)Cc1ccc([N+](=O)[O-])cc1C(=O)O. The lowest BCUT2D eigenvalue weighted by atomic mass is 10.0. The minimum Gasteiger partial charge on any atom is -0.478 e. The number of nitrogens with zero attached hydrogens (tertiary/aromatic N) is 1. The molecule has 0 unspecified atom stereocenters. The van der Waals surface area contributed by atoms with Crippen molar-refractivity contribution in [3.05, 3.63) is 39.4 Å². The lowest BCUT2D eigenvalue weighted by molar-refractivity contribution is -0.384. The van der Waals surface area contributed by atoms with Gasteiger partial charge in [0, 0.05) is 12.1 Å². The summed E-state index contributed by atoms with van der Waals surface area (Å²) in [5.74, 6) is -1.94. The Balaban J connectivity index is 3.17. The van der Waals surface area contributed by atoms with Crippen molar-refractivity contribution in [3.8, 4) is 0 Å². The minimum atomic E-state index is -1.33. The fraction of sp³-hybridized carbons (Fsp3) is 0.200. The molecule has 7 nitrogen and oxygen atoms in total. The summed E-state index contributed by atoms with van der Waals surface area (Å²) in [4.78, 5) is 31.7. The van der Waals surface area contributed by atoms with Crippen LogP contribution in [0.25, 0.3) is 0 Å². The number of nitro benzene ring substituents is 1. The molecule has 0 atom stereocenters. The van der Waals surface area contributed by atoms with Crippen molar-refractivity contribution < 1.29 is 24.4 Å². The molecule has 0 radical (unpaired) electrons. The van der Waals surface area contributed by atoms with Gasteiger partial charge in [-0.2, -0.15) is 0 Å². The Morgan fingerprint density at radius 3 is 2.59 bits per heavy atom. The molecule has 0 heterocycles. The highest BCUT2D eigenvalue weighted by molar-refractivity contribution is 5.91. The van der Waals surface area contributed by atoms with Crippen LogP contribution >= 0.6 is 0 Å². The summed E-state index contributed by atoms with van der Waals surface area (Å²) in [5.41, 5.74) is -0.435. The van der Waals surface area contributed by atoms with Crippen LogP contribution in [0.1, 0.15) is 15.9 Å². The molecule has 17 heavy (non-hydrogen) atoms. The maximum absolute atomic E-state index is 11.0. The molecule has 0 spiro atoms. The molecule has 0 fully saturated rings. The molecular weight excluding hydrogens is 230 g/mol. The van der Waals surface area contributed by atoms with E-state index in [0.29, 0.717) is 0 Å². The van der Waals surface area contributed by atoms with E-state index in [9.17, 15) is 19.7 Å². The van der Waals surface area contributed by atoms with Gasteiger partial charge in [-0.1, -0.05) is 6.07 Å². The number of nitro groups is 1. The number of ether oxygens (including phenoxy) is 1. The summed E-state index contributed by atoms with van der Waals surface area (Å²) in [5, 5.41) is 19.4. The first-order valence-electron chi connectivity index (χ1n) is 4.53. The molecule has 0 aromatic heterocycles. The zero-order chi connectivity index (χ0) is 13.0. The number of hydrogen-bond donors (Lipinski definition) is 1. The highest BCUT2D eigenvalue weighted by Gasteiger charge is 2.17. The molecule has 0 saturated heterocycles. The van der Waals surface area contributed by atoms with Gasteiger partial charge >= 0.3 is 11.9 Å². The number of rotatable bonds is 4. The van der Waals surface area contributed by atoms with Crippen molar-refractivity contribution >= 4 is 17.6 Å². The van der Waals surface area contributed by atoms with Gasteiger partial charge in [0.25, 0.3) is 5.69 Å². The van der Waals surface area contributed by atoms with E-state index in [1.165, 1.54) is 13.2 Å². The van der Waals surface area contributed by atoms with Gasteiger partial charge in [0.05, 0.1) is 24.0 Å². The van der Waals surface area contributed by atoms with E-state index in [2.05, 4.69) is 4.74 Å². The predicted octanol–water partition coefficient (Wildman–Crippen LogP) is 1.01. The van der Waals surface area contributed by atoms with Crippen LogP contribution < -0.4 is 0 Å². The van der Waals surface area contributed by atoms with E-state index in [1.54, 1.807) is 0 Å². The van der Waals surface area contributed by atoms with Gasteiger partial charge in [0.1, 0.15) is 0 Å². The van der Waals surface area contributed by atoms with Gasteiger partial charge in [-0.05, 0) is 5.56 Å². The first-order valence-corrected chi connectivity index (χ1v) is 4.53. The number of aromatic carboxylic acids is 1. The fourth-order valence-electron chi connectivity index (χ4n) is 1.26. The molecule has 0 bridgehead atoms. The van der Waals surface area contributed by atoms with Crippen LogP contribution in [0.2, 0.25) is 0 Å². The Labute approximate surface area is 95.8 Å². The Morgan fingerprint density at radius 1 is 1.47 bits per heavy atom. The van der Waals surface area contributed by atoms with Gasteiger partial charge < -0.3 is 9.84 Å². The van der Waals surface area contributed by atoms with Crippen molar-refractivity contribution in [1.29, 1.82) is 0 Å². The summed E-state index contributed by atoms with van der Waals surface area (Å²) in [7, 11) is 1.17. The third-order valence-electron chi connectivity index (χ3n) is 2.10. The lowest BCUT2D eigenvalue weighted by Crippen LogP contribution is -2.10. The van der Waals surface area contributed by atoms with Crippen LogP contribution in [0.4, 0.5) is 5.69 Å². The number of carbonyl (C=O) groups is 2. The Morgan fingerprint density at radius 2 is 2.12 bits per heavy atom. The normalized spacial score (nSPS) is 9.71. The van der Waals surface area contributed by atoms with Gasteiger partial charge in [-0.25, -0.2) is 4.79 Å². The molecule has 0 aliphatic carbocycles. The molecule has 1 N–H and O–H groups in total. The van der Waals surface area contributed by atoms with E-state index in [1.807, 2.05) is 0 Å². The van der Waals surface area contributed by atoms with E-state index >= 15 is 0 Å². The second kappa shape index (κ2) is 5.06. The number of methoxy groups -OCH3 is 1. The van der Waals surface area contributed by atoms with Gasteiger partial charge in [0.2, 0.25) is 0 Å². The molecule has 1 aromatic carbocycles. The van der Waals surface area contributed by atoms with Crippen molar-refractivity contribution in [2.75, 3.05) is 7.11 Å². The Hall–Kier alpha value is -2.44. The average Bonchev–Trinajstić information content (AvgIpc) is 2.28. The third kappa shape index (κ3) is 3.00. The number of non-ortho nitro benzene ring substituents is 1. The first-order chi connectivity index (χ1) is 7.95. The summed E-state index contributed by atoms with van der Waals surface area (Å²) >= 11 is 0. The lowest BCUT2D eigenvalue weighted by Gasteiger charge is -2.04. The Bertz CT molecular complexity index is 482. The van der Waals surface area contributed by atoms with E-state index < -0.39 is 16.9 Å². The molecule has 7 heteroatoms. The molecule has 1 aromatic rings. The van der Waals surface area contributed by atoms with Crippen molar-refractivity contribution in [3.63, 3.8) is 0 Å². The quantitative estimate of drug-likeness (QED) is 0.477. The minimum absolute atomic E-state index is 0.176. The van der Waals surface area contributed by atoms with Crippen LogP contribution in [0.3, 0.4) is 0 Å². The van der Waals surface area contributed by atoms with Crippen molar-refractivity contribution in [2.45, 2.75) is 6.42 Å². The largest absolute Gasteiger partial charge is 0.478 e. The van der Waals surface area contributed by atoms with Crippen molar-refractivity contribution in [2.24, 2.45) is 0 Å². The highest BCUT2D eigenvalue weighted by atomic mass is 16.6. The molecule has 1 rings (SSSR count). The van der Waals surface area contributed by atoms with Gasteiger partial charge in [-0.3, -0.25) is 14.9 Å². The number of carbonyl (C=O) groups excluding carboxylic acids is 1. The second-order valence-corrected chi connectivity index (χ2v) is 3.16. The van der Waals surface area contributed by atoms with Crippen LogP contribution in [-0.2, 0) is 16.0 Å². The van der Waals surface area contributed by atoms with Crippen LogP contribution in [0.15, 0.2) is 18.2 Å². The predicted molar refractivity (Wildman–Crippen MR) is 55.8 cm³/mol. The average molecular weight is 239 g/mol. The number of esters is 1. The van der Waals surface area contributed by atoms with Gasteiger partial charge in [-0.15, -0.1) is 0 Å². The number of hydrogen-bond acceptors (Lipinski definition) is 5. The standard InChI is InChI=1S/C10H9NO6/c1-17-9(12)4-6-2-3-7(11(15)16)5-8(6)10(13)14/h2-3,5H,4H2,1H3,(H,13,14). The second-order valence-electron chi connectivity index (χ2n) is 3.16. The summed E-state index contributed by atoms with van der Waals surface area (Å²) in [6.07, 6.45) is -0.240. The first kappa shape index (κ1) is 12.6. The zero-order valence-corrected chi connectivity index (χ0v) is 8.87. The molecular formula is C10H9NO6. The zero-order valence-electron chi connectivity index (χ0n) is 8.87. The van der Waals surface area contributed by atoms with E-state index in [0.717, 1.165) is 12.1 Å². The molecule has 0 aliphatic heterocycles. The van der Waals surface area contributed by atoms with E-state index in [4.69, 9.17) is 5.11 Å². The Kier molecular flexibility index (Phi) is 3.76. The van der Waals surface area contributed by atoms with Crippen LogP contribution in [0, 0.1) is 10.1 Å². The van der Waals surface area contributed by atoms with E-state index in [-0.39, 0.29) is 23.2 Å². The summed E-state index contributed by atoms with van der Waals surface area (Å²) < 4.78 is 4.40. The van der Waals surface area contributed by atoms with Gasteiger partial charge in [0.15, 0.2) is 0 Å². The molecule has 0 saturated carbocycles. The number of benzene rings is 1. The molecule has 0 amide bonds. The topological polar surface area (TPSA) is 107 Å². The van der Waals surface area contributed by atoms with Crippen LogP contribution in [-0.4, -0.2) is 29.1 Å². The third-order valence-corrected chi connectivity index (χ3v) is 2.10. The number of carboxylic acid groups (broad SMARTS) is 1. The monoisotopic (exact) mass is 239 g/mol. The number of carboxylic acids is 1. The molecule has 90 valence electrons. The maximum Gasteiger partial charge on any atom is 0.336 e. The highest BCUT2D eigenvalue weighted by Crippen LogP contribution is 2.18. The molecule has 0 aliphatic rings. The smallest absolute Gasteiger partial charge is 0.336 e. The van der Waals surface area contributed by atoms with Crippen molar-refractivity contribution in [1.82, 2.24) is 0 Å². The van der Waals surface area contributed by atoms with Crippen LogP contribution in [0.5, 0.6) is 0 Å².